The van der Waals surface area contributed by atoms with Crippen LogP contribution in [0, 0.1) is 0 Å². The summed E-state index contributed by atoms with van der Waals surface area (Å²) >= 11 is 5.06. The van der Waals surface area contributed by atoms with Gasteiger partial charge in [-0.2, -0.15) is 0 Å². The van der Waals surface area contributed by atoms with Gasteiger partial charge in [-0.15, -0.1) is 6.58 Å². The smallest absolute Gasteiger partial charge is 0.265 e. The van der Waals surface area contributed by atoms with Gasteiger partial charge in [-0.3, -0.25) is 19.8 Å². The van der Waals surface area contributed by atoms with Gasteiger partial charge in [0.05, 0.1) is 0 Å². The molecule has 6 heteroatoms. The third-order valence-electron chi connectivity index (χ3n) is 4.91. The molecule has 154 valence electrons. The highest BCUT2D eigenvalue weighted by molar-refractivity contribution is 7.80. The molecule has 0 radical (unpaired) electrons. The lowest BCUT2D eigenvalue weighted by atomic mass is 10.1. The van der Waals surface area contributed by atoms with Crippen molar-refractivity contribution in [3.05, 3.63) is 96.1 Å². The summed E-state index contributed by atoms with van der Waals surface area (Å²) in [4.78, 5) is 26.1. The maximum absolute atomic E-state index is 12.6. The molecule has 1 aliphatic heterocycles. The van der Waals surface area contributed by atoms with Gasteiger partial charge >= 0.3 is 0 Å². The SMILES string of the molecule is C=CCN1C(=O)/C(=C/c2ccc(OCc3ccc4ccccc4c3)cc2)C(=O)NC1=S. The highest BCUT2D eigenvalue weighted by atomic mass is 32.1. The Labute approximate surface area is 185 Å². The van der Waals surface area contributed by atoms with Gasteiger partial charge in [0, 0.05) is 6.54 Å². The largest absolute Gasteiger partial charge is 0.489 e. The van der Waals surface area contributed by atoms with Crippen molar-refractivity contribution in [3.63, 3.8) is 0 Å². The average Bonchev–Trinajstić information content (AvgIpc) is 2.78. The molecule has 1 saturated heterocycles. The Hall–Kier alpha value is -3.77. The number of rotatable bonds is 6. The summed E-state index contributed by atoms with van der Waals surface area (Å²) in [5.41, 5.74) is 1.82. The fraction of sp³-hybridized carbons (Fsp3) is 0.0800. The van der Waals surface area contributed by atoms with E-state index in [0.29, 0.717) is 17.9 Å². The molecule has 0 atom stereocenters. The highest BCUT2D eigenvalue weighted by Crippen LogP contribution is 2.20. The summed E-state index contributed by atoms with van der Waals surface area (Å²) in [5, 5.41) is 4.99. The molecule has 2 amide bonds. The Bertz CT molecular complexity index is 1210. The van der Waals surface area contributed by atoms with Crippen molar-refractivity contribution in [1.29, 1.82) is 0 Å². The van der Waals surface area contributed by atoms with E-state index in [0.717, 1.165) is 5.56 Å². The van der Waals surface area contributed by atoms with Crippen LogP contribution in [0.4, 0.5) is 0 Å². The van der Waals surface area contributed by atoms with Crippen molar-refractivity contribution in [2.45, 2.75) is 6.61 Å². The Morgan fingerprint density at radius 3 is 2.48 bits per heavy atom. The Kier molecular flexibility index (Phi) is 5.91. The Morgan fingerprint density at radius 2 is 1.74 bits per heavy atom. The van der Waals surface area contributed by atoms with Crippen molar-refractivity contribution in [2.24, 2.45) is 0 Å². The van der Waals surface area contributed by atoms with Gasteiger partial charge in [-0.05, 0) is 58.4 Å². The number of hydrogen-bond acceptors (Lipinski definition) is 4. The minimum atomic E-state index is -0.507. The third-order valence-corrected chi connectivity index (χ3v) is 5.23. The molecule has 3 aromatic rings. The van der Waals surface area contributed by atoms with Crippen LogP contribution in [0.15, 0.2) is 85.0 Å². The van der Waals surface area contributed by atoms with Crippen LogP contribution in [0.5, 0.6) is 5.75 Å². The van der Waals surface area contributed by atoms with Crippen LogP contribution in [0.1, 0.15) is 11.1 Å². The van der Waals surface area contributed by atoms with Gasteiger partial charge in [0.25, 0.3) is 11.8 Å². The Balaban J connectivity index is 1.46. The lowest BCUT2D eigenvalue weighted by Crippen LogP contribution is -2.53. The molecule has 0 saturated carbocycles. The molecule has 1 fully saturated rings. The lowest BCUT2D eigenvalue weighted by molar-refractivity contribution is -0.128. The number of nitrogens with zero attached hydrogens (tertiary/aromatic N) is 1. The van der Waals surface area contributed by atoms with Crippen molar-refractivity contribution in [2.75, 3.05) is 6.54 Å². The summed E-state index contributed by atoms with van der Waals surface area (Å²) in [6.45, 7) is 4.29. The second kappa shape index (κ2) is 8.93. The molecule has 0 spiro atoms. The lowest BCUT2D eigenvalue weighted by Gasteiger charge is -2.27. The van der Waals surface area contributed by atoms with E-state index in [-0.39, 0.29) is 17.2 Å². The first-order valence-corrected chi connectivity index (χ1v) is 10.2. The predicted octanol–water partition coefficient (Wildman–Crippen LogP) is 4.23. The number of amides is 2. The number of fused-ring (bicyclic) bond motifs is 1. The summed E-state index contributed by atoms with van der Waals surface area (Å²) in [6, 6.07) is 21.7. The third kappa shape index (κ3) is 4.54. The van der Waals surface area contributed by atoms with Crippen LogP contribution in [-0.2, 0) is 16.2 Å². The summed E-state index contributed by atoms with van der Waals surface area (Å²) in [7, 11) is 0. The van der Waals surface area contributed by atoms with Crippen molar-refractivity contribution < 1.29 is 14.3 Å². The number of benzene rings is 3. The van der Waals surface area contributed by atoms with Gasteiger partial charge in [-0.1, -0.05) is 54.6 Å². The van der Waals surface area contributed by atoms with E-state index in [4.69, 9.17) is 17.0 Å². The monoisotopic (exact) mass is 428 g/mol. The van der Waals surface area contributed by atoms with Crippen LogP contribution in [0.2, 0.25) is 0 Å². The minimum absolute atomic E-state index is 0.0280. The summed E-state index contributed by atoms with van der Waals surface area (Å²) < 4.78 is 5.89. The molecule has 3 aromatic carbocycles. The molecular weight excluding hydrogens is 408 g/mol. The predicted molar refractivity (Wildman–Crippen MR) is 125 cm³/mol. The highest BCUT2D eigenvalue weighted by Gasteiger charge is 2.32. The number of thiocarbonyl (C=S) groups is 1. The first-order valence-electron chi connectivity index (χ1n) is 9.75. The number of carbonyl (C=O) groups excluding carboxylic acids is 2. The average molecular weight is 429 g/mol. The standard InChI is InChI=1S/C25H20N2O3S/c1-2-13-27-24(29)22(23(28)26-25(27)31)15-17-8-11-21(12-9-17)30-16-18-7-10-19-5-3-4-6-20(19)14-18/h2-12,14-15H,1,13,16H2,(H,26,28,31)/b22-15+. The molecule has 0 aromatic heterocycles. The second-order valence-corrected chi connectivity index (χ2v) is 7.45. The van der Waals surface area contributed by atoms with E-state index >= 15 is 0 Å². The van der Waals surface area contributed by atoms with Crippen molar-refractivity contribution in [3.8, 4) is 5.75 Å². The summed E-state index contributed by atoms with van der Waals surface area (Å²) in [6.07, 6.45) is 3.10. The van der Waals surface area contributed by atoms with Gasteiger partial charge in [-0.25, -0.2) is 0 Å². The normalized spacial score (nSPS) is 15.3. The van der Waals surface area contributed by atoms with Crippen LogP contribution >= 0.6 is 12.2 Å². The van der Waals surface area contributed by atoms with E-state index in [1.54, 1.807) is 24.3 Å². The van der Waals surface area contributed by atoms with E-state index in [9.17, 15) is 9.59 Å². The van der Waals surface area contributed by atoms with E-state index in [1.165, 1.54) is 15.7 Å². The zero-order valence-corrected chi connectivity index (χ0v) is 17.5. The van der Waals surface area contributed by atoms with E-state index < -0.39 is 11.8 Å². The van der Waals surface area contributed by atoms with Crippen LogP contribution < -0.4 is 10.1 Å². The molecule has 1 N–H and O–H groups in total. The molecule has 0 unspecified atom stereocenters. The zero-order valence-electron chi connectivity index (χ0n) is 16.7. The first kappa shape index (κ1) is 20.5. The van der Waals surface area contributed by atoms with Crippen molar-refractivity contribution >= 4 is 46.0 Å². The molecule has 1 aliphatic rings. The van der Waals surface area contributed by atoms with Crippen molar-refractivity contribution in [1.82, 2.24) is 10.2 Å². The van der Waals surface area contributed by atoms with Crippen LogP contribution in [0.25, 0.3) is 16.8 Å². The topological polar surface area (TPSA) is 58.6 Å². The van der Waals surface area contributed by atoms with E-state index in [2.05, 4.69) is 36.2 Å². The molecular formula is C25H20N2O3S. The molecule has 1 heterocycles. The van der Waals surface area contributed by atoms with Gasteiger partial charge in [0.1, 0.15) is 17.9 Å². The van der Waals surface area contributed by atoms with E-state index in [1.807, 2.05) is 30.3 Å². The van der Waals surface area contributed by atoms with Gasteiger partial charge in [0.2, 0.25) is 0 Å². The van der Waals surface area contributed by atoms with Gasteiger partial charge in [0.15, 0.2) is 5.11 Å². The van der Waals surface area contributed by atoms with Gasteiger partial charge < -0.3 is 4.74 Å². The fourth-order valence-electron chi connectivity index (χ4n) is 3.31. The number of ether oxygens (including phenoxy) is 1. The maximum Gasteiger partial charge on any atom is 0.265 e. The number of nitrogens with one attached hydrogen (secondary N) is 1. The molecule has 0 aliphatic carbocycles. The number of carbonyl (C=O) groups is 2. The first-order chi connectivity index (χ1) is 15.0. The number of hydrogen-bond donors (Lipinski definition) is 1. The zero-order chi connectivity index (χ0) is 21.8. The quantitative estimate of drug-likeness (QED) is 0.276. The fourth-order valence-corrected chi connectivity index (χ4v) is 3.56. The maximum atomic E-state index is 12.6. The minimum Gasteiger partial charge on any atom is -0.489 e. The summed E-state index contributed by atoms with van der Waals surface area (Å²) in [5.74, 6) is -0.249. The molecule has 31 heavy (non-hydrogen) atoms. The Morgan fingerprint density at radius 1 is 1.00 bits per heavy atom. The second-order valence-electron chi connectivity index (χ2n) is 7.06. The molecule has 4 rings (SSSR count). The molecule has 5 nitrogen and oxygen atoms in total. The van der Waals surface area contributed by atoms with Crippen LogP contribution in [-0.4, -0.2) is 28.4 Å². The van der Waals surface area contributed by atoms with Crippen LogP contribution in [0.3, 0.4) is 0 Å². The molecule has 0 bridgehead atoms.